The number of hydrogen-bond donors (Lipinski definition) is 4. The normalized spacial score (nSPS) is 11.1. The van der Waals surface area contributed by atoms with Crippen molar-refractivity contribution >= 4 is 11.8 Å². The summed E-state index contributed by atoms with van der Waals surface area (Å²) in [4.78, 5) is 51.9. The highest BCUT2D eigenvalue weighted by molar-refractivity contribution is 5.95. The summed E-state index contributed by atoms with van der Waals surface area (Å²) in [6.45, 7) is 5.35. The van der Waals surface area contributed by atoms with E-state index < -0.39 is 16.8 Å². The molecule has 1 aromatic heterocycles. The van der Waals surface area contributed by atoms with Gasteiger partial charge >= 0.3 is 5.69 Å². The van der Waals surface area contributed by atoms with Crippen molar-refractivity contribution in [2.45, 2.75) is 39.2 Å². The van der Waals surface area contributed by atoms with Gasteiger partial charge < -0.3 is 15.6 Å². The predicted octanol–water partition coefficient (Wildman–Crippen LogP) is 1.07. The number of carbonyl (C=O) groups excluding carboxylic acids is 2. The number of rotatable bonds is 6. The average Bonchev–Trinajstić information content (AvgIpc) is 2.59. The lowest BCUT2D eigenvalue weighted by Crippen LogP contribution is -2.44. The summed E-state index contributed by atoms with van der Waals surface area (Å²) in [6.07, 6.45) is 0.819. The van der Waals surface area contributed by atoms with Crippen molar-refractivity contribution in [3.05, 3.63) is 56.4 Å². The van der Waals surface area contributed by atoms with Gasteiger partial charge in [-0.1, -0.05) is 12.1 Å². The minimum atomic E-state index is -0.559. The van der Waals surface area contributed by atoms with Gasteiger partial charge in [0.2, 0.25) is 5.91 Å². The molecule has 0 aliphatic rings. The molecule has 0 fully saturated rings. The van der Waals surface area contributed by atoms with E-state index in [1.165, 1.54) is 0 Å². The fraction of sp³-hybridized carbons (Fsp3) is 0.368. The van der Waals surface area contributed by atoms with E-state index in [1.807, 2.05) is 13.8 Å². The first-order valence-electron chi connectivity index (χ1n) is 8.59. The van der Waals surface area contributed by atoms with Crippen molar-refractivity contribution in [1.82, 2.24) is 20.6 Å². The van der Waals surface area contributed by atoms with Gasteiger partial charge in [0.1, 0.15) is 0 Å². The highest BCUT2D eigenvalue weighted by Gasteiger charge is 2.22. The lowest BCUT2D eigenvalue weighted by atomic mass is 9.97. The topological polar surface area (TPSA) is 124 Å². The first kappa shape index (κ1) is 20.2. The fourth-order valence-corrected chi connectivity index (χ4v) is 2.73. The molecule has 4 N–H and O–H groups in total. The zero-order valence-electron chi connectivity index (χ0n) is 15.9. The second-order valence-corrected chi connectivity index (χ2v) is 7.00. The Bertz CT molecular complexity index is 955. The summed E-state index contributed by atoms with van der Waals surface area (Å²) in [5.41, 5.74) is 0.254. The molecule has 1 aromatic carbocycles. The first-order valence-corrected chi connectivity index (χ1v) is 8.59. The molecule has 0 unspecified atom stereocenters. The van der Waals surface area contributed by atoms with Crippen molar-refractivity contribution in [2.24, 2.45) is 0 Å². The molecule has 0 bridgehead atoms. The van der Waals surface area contributed by atoms with E-state index in [0.717, 1.165) is 0 Å². The van der Waals surface area contributed by atoms with Crippen LogP contribution in [0.3, 0.4) is 0 Å². The summed E-state index contributed by atoms with van der Waals surface area (Å²) >= 11 is 0. The molecule has 2 rings (SSSR count). The number of aromatic amines is 2. The van der Waals surface area contributed by atoms with E-state index >= 15 is 0 Å². The lowest BCUT2D eigenvalue weighted by Gasteiger charge is -2.26. The number of aromatic nitrogens is 2. The second-order valence-electron chi connectivity index (χ2n) is 7.00. The maximum atomic E-state index is 12.5. The predicted molar refractivity (Wildman–Crippen MR) is 103 cm³/mol. The van der Waals surface area contributed by atoms with E-state index in [4.69, 9.17) is 0 Å². The van der Waals surface area contributed by atoms with Gasteiger partial charge in [0, 0.05) is 30.3 Å². The Balaban J connectivity index is 2.15. The summed E-state index contributed by atoms with van der Waals surface area (Å²) in [6, 6.07) is 6.54. The molecular weight excluding hydrogens is 348 g/mol. The Morgan fingerprint density at radius 1 is 1.07 bits per heavy atom. The van der Waals surface area contributed by atoms with Crippen molar-refractivity contribution in [1.29, 1.82) is 0 Å². The quantitative estimate of drug-likeness (QED) is 0.605. The van der Waals surface area contributed by atoms with Crippen LogP contribution in [0.1, 0.15) is 42.7 Å². The molecule has 0 spiro atoms. The Hall–Kier alpha value is -3.16. The summed E-state index contributed by atoms with van der Waals surface area (Å²) in [5.74, 6) is -0.348. The minimum Gasteiger partial charge on any atom is -0.359 e. The molecule has 0 atom stereocenters. The number of amides is 2. The molecule has 1 heterocycles. The molecule has 2 amide bonds. The monoisotopic (exact) mass is 372 g/mol. The molecule has 8 nitrogen and oxygen atoms in total. The van der Waals surface area contributed by atoms with Crippen LogP contribution in [0.2, 0.25) is 0 Å². The smallest absolute Gasteiger partial charge is 0.325 e. The molecule has 0 saturated heterocycles. The van der Waals surface area contributed by atoms with E-state index in [0.29, 0.717) is 35.2 Å². The number of aryl methyl sites for hydroxylation is 1. The molecule has 0 radical (unpaired) electrons. The number of H-pyrrole nitrogens is 2. The van der Waals surface area contributed by atoms with E-state index in [-0.39, 0.29) is 11.8 Å². The summed E-state index contributed by atoms with van der Waals surface area (Å²) < 4.78 is 0. The zero-order chi connectivity index (χ0) is 20.2. The van der Waals surface area contributed by atoms with Gasteiger partial charge in [0.15, 0.2) is 0 Å². The molecule has 27 heavy (non-hydrogen) atoms. The van der Waals surface area contributed by atoms with Crippen LogP contribution in [0, 0.1) is 6.92 Å². The molecule has 144 valence electrons. The van der Waals surface area contributed by atoms with Crippen molar-refractivity contribution in [2.75, 3.05) is 7.05 Å². The first-order chi connectivity index (χ1) is 12.6. The van der Waals surface area contributed by atoms with Crippen LogP contribution in [0.5, 0.6) is 0 Å². The minimum absolute atomic E-state index is 0.0804. The highest BCUT2D eigenvalue weighted by Crippen LogP contribution is 2.19. The lowest BCUT2D eigenvalue weighted by molar-refractivity contribution is -0.121. The number of hydrogen-bond acceptors (Lipinski definition) is 4. The van der Waals surface area contributed by atoms with Crippen molar-refractivity contribution in [3.63, 3.8) is 0 Å². The Morgan fingerprint density at radius 3 is 2.26 bits per heavy atom. The van der Waals surface area contributed by atoms with Gasteiger partial charge in [-0.3, -0.25) is 19.4 Å². The molecule has 8 heteroatoms. The second kappa shape index (κ2) is 8.03. The standard InChI is InChI=1S/C19H24N4O4/c1-11-15(17(26)22-18(27)21-11)12-5-7-13(8-6-12)16(25)23-19(2,3)10-9-14(24)20-4/h5-8H,9-10H2,1-4H3,(H,20,24)(H,23,25)(H2,21,22,26,27). The molecule has 0 aliphatic heterocycles. The molecule has 0 aliphatic carbocycles. The van der Waals surface area contributed by atoms with Gasteiger partial charge in [-0.25, -0.2) is 4.79 Å². The number of benzene rings is 1. The van der Waals surface area contributed by atoms with E-state index in [9.17, 15) is 19.2 Å². The fourth-order valence-electron chi connectivity index (χ4n) is 2.73. The average molecular weight is 372 g/mol. The maximum Gasteiger partial charge on any atom is 0.325 e. The van der Waals surface area contributed by atoms with Crippen molar-refractivity contribution in [3.8, 4) is 11.1 Å². The van der Waals surface area contributed by atoms with Crippen LogP contribution in [0.15, 0.2) is 33.9 Å². The summed E-state index contributed by atoms with van der Waals surface area (Å²) in [5, 5.41) is 5.46. The summed E-state index contributed by atoms with van der Waals surface area (Å²) in [7, 11) is 1.57. The van der Waals surface area contributed by atoms with E-state index in [1.54, 1.807) is 38.2 Å². The third-order valence-electron chi connectivity index (χ3n) is 4.27. The van der Waals surface area contributed by atoms with Crippen LogP contribution in [-0.2, 0) is 4.79 Å². The maximum absolute atomic E-state index is 12.5. The van der Waals surface area contributed by atoms with Gasteiger partial charge in [0.25, 0.3) is 11.5 Å². The largest absolute Gasteiger partial charge is 0.359 e. The van der Waals surface area contributed by atoms with Crippen LogP contribution in [0.25, 0.3) is 11.1 Å². The number of carbonyl (C=O) groups is 2. The third kappa shape index (κ3) is 5.16. The molecular formula is C19H24N4O4. The third-order valence-corrected chi connectivity index (χ3v) is 4.27. The molecule has 2 aromatic rings. The highest BCUT2D eigenvalue weighted by atomic mass is 16.2. The zero-order valence-corrected chi connectivity index (χ0v) is 15.9. The van der Waals surface area contributed by atoms with Crippen molar-refractivity contribution < 1.29 is 9.59 Å². The number of nitrogens with one attached hydrogen (secondary N) is 4. The van der Waals surface area contributed by atoms with Gasteiger partial charge in [0.05, 0.1) is 5.56 Å². The Morgan fingerprint density at radius 2 is 1.70 bits per heavy atom. The molecule has 0 saturated carbocycles. The van der Waals surface area contributed by atoms with Gasteiger partial charge in [-0.15, -0.1) is 0 Å². The van der Waals surface area contributed by atoms with Crippen LogP contribution in [0.4, 0.5) is 0 Å². The van der Waals surface area contributed by atoms with Gasteiger partial charge in [-0.05, 0) is 44.9 Å². The SMILES string of the molecule is CNC(=O)CCC(C)(C)NC(=O)c1ccc(-c2c(C)[nH]c(=O)[nH]c2=O)cc1. The Kier molecular flexibility index (Phi) is 5.99. The Labute approximate surface area is 156 Å². The van der Waals surface area contributed by atoms with E-state index in [2.05, 4.69) is 20.6 Å². The van der Waals surface area contributed by atoms with Gasteiger partial charge in [-0.2, -0.15) is 0 Å². The van der Waals surface area contributed by atoms with Crippen LogP contribution >= 0.6 is 0 Å². The van der Waals surface area contributed by atoms with Crippen LogP contribution in [-0.4, -0.2) is 34.4 Å². The van der Waals surface area contributed by atoms with Crippen LogP contribution < -0.4 is 21.9 Å².